The number of hydrogen-bond donors (Lipinski definition) is 2. The van der Waals surface area contributed by atoms with Crippen molar-refractivity contribution in [2.45, 2.75) is 6.92 Å². The number of aromatic amines is 1. The van der Waals surface area contributed by atoms with Crippen LogP contribution in [0.3, 0.4) is 0 Å². The molecule has 0 fully saturated rings. The lowest BCUT2D eigenvalue weighted by molar-refractivity contribution is 1.01. The van der Waals surface area contributed by atoms with Crippen molar-refractivity contribution in [1.29, 1.82) is 0 Å². The van der Waals surface area contributed by atoms with Gasteiger partial charge < -0.3 is 5.73 Å². The molecule has 1 aromatic heterocycles. The number of hydrogen-bond acceptors (Lipinski definition) is 4. The molecular formula is C10H9BrN4O. The van der Waals surface area contributed by atoms with E-state index in [0.717, 1.165) is 15.6 Å². The third kappa shape index (κ3) is 1.96. The summed E-state index contributed by atoms with van der Waals surface area (Å²) in [4.78, 5) is 21.2. The number of nitrogens with one attached hydrogen (secondary N) is 1. The van der Waals surface area contributed by atoms with E-state index >= 15 is 0 Å². The van der Waals surface area contributed by atoms with Crippen molar-refractivity contribution in [3.63, 3.8) is 0 Å². The number of nitrogen functional groups attached to an aromatic ring is 1. The molecule has 1 heterocycles. The van der Waals surface area contributed by atoms with Crippen molar-refractivity contribution in [3.8, 4) is 11.4 Å². The normalized spacial score (nSPS) is 10.4. The first kappa shape index (κ1) is 10.8. The van der Waals surface area contributed by atoms with E-state index in [1.165, 1.54) is 0 Å². The minimum absolute atomic E-state index is 0.0350. The van der Waals surface area contributed by atoms with Gasteiger partial charge in [-0.25, -0.2) is 4.79 Å². The van der Waals surface area contributed by atoms with Gasteiger partial charge in [-0.3, -0.25) is 4.98 Å². The minimum atomic E-state index is -0.504. The van der Waals surface area contributed by atoms with Crippen molar-refractivity contribution in [2.24, 2.45) is 0 Å². The molecule has 0 aliphatic rings. The number of aromatic nitrogens is 3. The summed E-state index contributed by atoms with van der Waals surface area (Å²) in [6, 6.07) is 5.68. The highest BCUT2D eigenvalue weighted by Crippen LogP contribution is 2.27. The Morgan fingerprint density at radius 1 is 1.38 bits per heavy atom. The molecule has 0 bridgehead atoms. The molecule has 0 aliphatic heterocycles. The van der Waals surface area contributed by atoms with Gasteiger partial charge in [-0.2, -0.15) is 9.97 Å². The first-order chi connectivity index (χ1) is 7.58. The van der Waals surface area contributed by atoms with Crippen LogP contribution in [-0.4, -0.2) is 15.0 Å². The van der Waals surface area contributed by atoms with E-state index in [9.17, 15) is 4.79 Å². The lowest BCUT2D eigenvalue weighted by Crippen LogP contribution is -2.15. The molecule has 82 valence electrons. The van der Waals surface area contributed by atoms with Gasteiger partial charge >= 0.3 is 5.69 Å². The zero-order chi connectivity index (χ0) is 11.7. The fourth-order valence-corrected chi connectivity index (χ4v) is 1.81. The van der Waals surface area contributed by atoms with E-state index < -0.39 is 5.69 Å². The van der Waals surface area contributed by atoms with Crippen LogP contribution in [0, 0.1) is 6.92 Å². The maximum Gasteiger partial charge on any atom is 0.349 e. The Hall–Kier alpha value is -1.69. The second kappa shape index (κ2) is 4.05. The van der Waals surface area contributed by atoms with E-state index in [0.29, 0.717) is 5.82 Å². The number of anilines is 1. The quantitative estimate of drug-likeness (QED) is 0.829. The Balaban J connectivity index is 2.67. The molecule has 6 heteroatoms. The van der Waals surface area contributed by atoms with Gasteiger partial charge in [0.1, 0.15) is 5.82 Å². The van der Waals surface area contributed by atoms with Crippen LogP contribution in [0.25, 0.3) is 11.4 Å². The number of nitrogens with zero attached hydrogens (tertiary/aromatic N) is 2. The molecule has 16 heavy (non-hydrogen) atoms. The fourth-order valence-electron chi connectivity index (χ4n) is 1.36. The summed E-state index contributed by atoms with van der Waals surface area (Å²) in [6.45, 7) is 1.95. The van der Waals surface area contributed by atoms with Crippen LogP contribution in [0.2, 0.25) is 0 Å². The molecule has 0 amide bonds. The van der Waals surface area contributed by atoms with E-state index in [2.05, 4.69) is 30.9 Å². The summed E-state index contributed by atoms with van der Waals surface area (Å²) >= 11 is 3.44. The zero-order valence-corrected chi connectivity index (χ0v) is 10.1. The van der Waals surface area contributed by atoms with Gasteiger partial charge in [0, 0.05) is 10.0 Å². The highest BCUT2D eigenvalue weighted by molar-refractivity contribution is 9.10. The van der Waals surface area contributed by atoms with Crippen LogP contribution in [0.15, 0.2) is 27.5 Å². The Labute approximate surface area is 99.9 Å². The van der Waals surface area contributed by atoms with Gasteiger partial charge in [0.25, 0.3) is 0 Å². The predicted octanol–water partition coefficient (Wildman–Crippen LogP) is 1.49. The van der Waals surface area contributed by atoms with E-state index in [1.54, 1.807) is 0 Å². The summed E-state index contributed by atoms with van der Waals surface area (Å²) < 4.78 is 0.878. The highest BCUT2D eigenvalue weighted by atomic mass is 79.9. The monoisotopic (exact) mass is 280 g/mol. The molecular weight excluding hydrogens is 272 g/mol. The maximum absolute atomic E-state index is 11.2. The lowest BCUT2D eigenvalue weighted by Gasteiger charge is -2.05. The van der Waals surface area contributed by atoms with Crippen molar-refractivity contribution >= 4 is 21.9 Å². The maximum atomic E-state index is 11.2. The Kier molecular flexibility index (Phi) is 2.74. The third-order valence-electron chi connectivity index (χ3n) is 2.11. The summed E-state index contributed by atoms with van der Waals surface area (Å²) in [5.41, 5.74) is 6.76. The first-order valence-electron chi connectivity index (χ1n) is 4.57. The number of H-pyrrole nitrogens is 1. The van der Waals surface area contributed by atoms with Crippen molar-refractivity contribution < 1.29 is 0 Å². The topological polar surface area (TPSA) is 84.7 Å². The first-order valence-corrected chi connectivity index (χ1v) is 5.36. The van der Waals surface area contributed by atoms with Crippen molar-refractivity contribution in [3.05, 3.63) is 38.7 Å². The summed E-state index contributed by atoms with van der Waals surface area (Å²) in [7, 11) is 0. The fraction of sp³-hybridized carbons (Fsp3) is 0.100. The standard InChI is InChI=1S/C10H9BrN4O/c1-5-3-2-4-6(7(5)11)8-13-9(12)15-10(16)14-8/h2-4H,1H3,(H3,12,13,14,15,16). The molecule has 0 saturated heterocycles. The number of halogens is 1. The van der Waals surface area contributed by atoms with Gasteiger partial charge in [-0.1, -0.05) is 18.2 Å². The molecule has 0 spiro atoms. The molecule has 3 N–H and O–H groups in total. The second-order valence-corrected chi connectivity index (χ2v) is 4.09. The van der Waals surface area contributed by atoms with Gasteiger partial charge in [-0.15, -0.1) is 0 Å². The van der Waals surface area contributed by atoms with Gasteiger partial charge in [0.2, 0.25) is 5.95 Å². The summed E-state index contributed by atoms with van der Waals surface area (Å²) in [5, 5.41) is 0. The smallest absolute Gasteiger partial charge is 0.349 e. The van der Waals surface area contributed by atoms with Crippen molar-refractivity contribution in [1.82, 2.24) is 15.0 Å². The second-order valence-electron chi connectivity index (χ2n) is 3.30. The number of rotatable bonds is 1. The largest absolute Gasteiger partial charge is 0.368 e. The summed E-state index contributed by atoms with van der Waals surface area (Å²) in [6.07, 6.45) is 0. The average molecular weight is 281 g/mol. The van der Waals surface area contributed by atoms with Crippen LogP contribution < -0.4 is 11.4 Å². The third-order valence-corrected chi connectivity index (χ3v) is 3.17. The van der Waals surface area contributed by atoms with E-state index in [4.69, 9.17) is 5.73 Å². The Morgan fingerprint density at radius 2 is 2.12 bits per heavy atom. The van der Waals surface area contributed by atoms with Crippen LogP contribution in [0.1, 0.15) is 5.56 Å². The number of nitrogens with two attached hydrogens (primary N) is 1. The number of benzene rings is 1. The molecule has 2 aromatic rings. The predicted molar refractivity (Wildman–Crippen MR) is 64.9 cm³/mol. The van der Waals surface area contributed by atoms with E-state index in [-0.39, 0.29) is 5.95 Å². The number of aryl methyl sites for hydroxylation is 1. The van der Waals surface area contributed by atoms with Crippen LogP contribution in [0.4, 0.5) is 5.95 Å². The van der Waals surface area contributed by atoms with Crippen LogP contribution >= 0.6 is 15.9 Å². The van der Waals surface area contributed by atoms with Crippen molar-refractivity contribution in [2.75, 3.05) is 5.73 Å². The highest BCUT2D eigenvalue weighted by Gasteiger charge is 2.08. The molecule has 0 saturated carbocycles. The molecule has 0 unspecified atom stereocenters. The van der Waals surface area contributed by atoms with Crippen LogP contribution in [-0.2, 0) is 0 Å². The molecule has 0 atom stereocenters. The Bertz CT molecular complexity index is 594. The molecule has 1 aromatic carbocycles. The summed E-state index contributed by atoms with van der Waals surface area (Å²) in [5.74, 6) is 0.375. The van der Waals surface area contributed by atoms with Gasteiger partial charge in [0.05, 0.1) is 0 Å². The van der Waals surface area contributed by atoms with Crippen LogP contribution in [0.5, 0.6) is 0 Å². The SMILES string of the molecule is Cc1cccc(-c2nc(N)nc(=O)[nH]2)c1Br. The molecule has 0 radical (unpaired) electrons. The lowest BCUT2D eigenvalue weighted by atomic mass is 10.1. The molecule has 0 aliphatic carbocycles. The Morgan fingerprint density at radius 3 is 2.81 bits per heavy atom. The molecule has 2 rings (SSSR count). The minimum Gasteiger partial charge on any atom is -0.368 e. The van der Waals surface area contributed by atoms with Gasteiger partial charge in [0.15, 0.2) is 0 Å². The molecule has 5 nitrogen and oxygen atoms in total. The van der Waals surface area contributed by atoms with Gasteiger partial charge in [-0.05, 0) is 28.4 Å². The van der Waals surface area contributed by atoms with E-state index in [1.807, 2.05) is 25.1 Å². The zero-order valence-electron chi connectivity index (χ0n) is 8.49. The average Bonchev–Trinajstić information content (AvgIpc) is 2.20.